The Hall–Kier alpha value is -0.0800. The summed E-state index contributed by atoms with van der Waals surface area (Å²) in [7, 11) is 1.93. The van der Waals surface area contributed by atoms with E-state index in [1.54, 1.807) is 0 Å². The van der Waals surface area contributed by atoms with Gasteiger partial charge in [0.15, 0.2) is 0 Å². The molecule has 0 rings (SSSR count). The fourth-order valence-corrected chi connectivity index (χ4v) is 0.523. The van der Waals surface area contributed by atoms with Crippen molar-refractivity contribution in [2.24, 2.45) is 0 Å². The zero-order chi connectivity index (χ0) is 6.95. The molecular formula is C7H17NO. The second kappa shape index (κ2) is 7.92. The molecule has 0 aromatic carbocycles. The highest BCUT2D eigenvalue weighted by Crippen LogP contribution is 1.85. The van der Waals surface area contributed by atoms with Crippen molar-refractivity contribution in [3.05, 3.63) is 0 Å². The third kappa shape index (κ3) is 7.92. The summed E-state index contributed by atoms with van der Waals surface area (Å²) in [4.78, 5) is 0. The summed E-state index contributed by atoms with van der Waals surface area (Å²) < 4.78 is 5.25. The summed E-state index contributed by atoms with van der Waals surface area (Å²) in [5.74, 6) is 0. The van der Waals surface area contributed by atoms with E-state index in [4.69, 9.17) is 4.74 Å². The van der Waals surface area contributed by atoms with Crippen LogP contribution in [-0.2, 0) is 4.74 Å². The molecule has 0 atom stereocenters. The van der Waals surface area contributed by atoms with Crippen molar-refractivity contribution in [1.29, 1.82) is 0 Å². The van der Waals surface area contributed by atoms with Crippen LogP contribution < -0.4 is 5.32 Å². The van der Waals surface area contributed by atoms with Gasteiger partial charge < -0.3 is 10.1 Å². The fourth-order valence-electron chi connectivity index (χ4n) is 0.523. The molecule has 0 fully saturated rings. The maximum Gasteiger partial charge on any atom is 0.0590 e. The zero-order valence-corrected chi connectivity index (χ0v) is 6.44. The van der Waals surface area contributed by atoms with Crippen LogP contribution in [0.4, 0.5) is 0 Å². The SMILES string of the molecule is CCCCOCCNC. The monoisotopic (exact) mass is 131 g/mol. The number of ether oxygens (including phenoxy) is 1. The number of nitrogens with one attached hydrogen (secondary N) is 1. The van der Waals surface area contributed by atoms with Crippen LogP contribution in [0.5, 0.6) is 0 Å². The zero-order valence-electron chi connectivity index (χ0n) is 6.44. The number of unbranched alkanes of at least 4 members (excludes halogenated alkanes) is 1. The van der Waals surface area contributed by atoms with E-state index in [1.807, 2.05) is 7.05 Å². The lowest BCUT2D eigenvalue weighted by Gasteiger charge is -2.00. The number of hydrogen-bond donors (Lipinski definition) is 1. The van der Waals surface area contributed by atoms with Crippen LogP contribution in [0.25, 0.3) is 0 Å². The topological polar surface area (TPSA) is 21.3 Å². The van der Waals surface area contributed by atoms with Crippen LogP contribution in [0.2, 0.25) is 0 Å². The van der Waals surface area contributed by atoms with Gasteiger partial charge in [0.05, 0.1) is 6.61 Å². The maximum absolute atomic E-state index is 5.25. The van der Waals surface area contributed by atoms with Crippen LogP contribution in [0, 0.1) is 0 Å². The molecule has 0 aromatic rings. The molecule has 0 aliphatic heterocycles. The first-order chi connectivity index (χ1) is 4.41. The predicted molar refractivity (Wildman–Crippen MR) is 39.7 cm³/mol. The van der Waals surface area contributed by atoms with Gasteiger partial charge in [0, 0.05) is 13.2 Å². The van der Waals surface area contributed by atoms with E-state index in [9.17, 15) is 0 Å². The largest absolute Gasteiger partial charge is 0.380 e. The second-order valence-corrected chi connectivity index (χ2v) is 2.07. The molecule has 2 heteroatoms. The lowest BCUT2D eigenvalue weighted by atomic mass is 10.4. The molecule has 0 aliphatic carbocycles. The minimum atomic E-state index is 0.844. The van der Waals surface area contributed by atoms with Crippen LogP contribution >= 0.6 is 0 Å². The Kier molecular flexibility index (Phi) is 7.85. The molecule has 1 N–H and O–H groups in total. The Balaban J connectivity index is 2.60. The summed E-state index contributed by atoms with van der Waals surface area (Å²) in [5.41, 5.74) is 0. The Labute approximate surface area is 57.6 Å². The van der Waals surface area contributed by atoms with Crippen molar-refractivity contribution in [3.63, 3.8) is 0 Å². The summed E-state index contributed by atoms with van der Waals surface area (Å²) in [5, 5.41) is 3.02. The molecule has 0 bridgehead atoms. The standard InChI is InChI=1S/C7H17NO/c1-3-4-6-9-7-5-8-2/h8H,3-7H2,1-2H3. The van der Waals surface area contributed by atoms with Crippen LogP contribution in [0.1, 0.15) is 19.8 Å². The Morgan fingerprint density at radius 3 is 2.67 bits per heavy atom. The summed E-state index contributed by atoms with van der Waals surface area (Å²) in [6.45, 7) is 4.89. The third-order valence-electron chi connectivity index (χ3n) is 1.14. The van der Waals surface area contributed by atoms with E-state index in [0.29, 0.717) is 0 Å². The normalized spacial score (nSPS) is 10.0. The highest BCUT2D eigenvalue weighted by atomic mass is 16.5. The van der Waals surface area contributed by atoms with Gasteiger partial charge in [0.2, 0.25) is 0 Å². The van der Waals surface area contributed by atoms with E-state index in [2.05, 4.69) is 12.2 Å². The van der Waals surface area contributed by atoms with Crippen molar-refractivity contribution in [2.75, 3.05) is 26.8 Å². The molecule has 0 spiro atoms. The number of likely N-dealkylation sites (N-methyl/N-ethyl adjacent to an activating group) is 1. The molecule has 0 radical (unpaired) electrons. The van der Waals surface area contributed by atoms with Gasteiger partial charge in [-0.25, -0.2) is 0 Å². The molecule has 56 valence electrons. The van der Waals surface area contributed by atoms with Crippen molar-refractivity contribution in [2.45, 2.75) is 19.8 Å². The van der Waals surface area contributed by atoms with Gasteiger partial charge in [-0.05, 0) is 13.5 Å². The lowest BCUT2D eigenvalue weighted by molar-refractivity contribution is 0.134. The minimum absolute atomic E-state index is 0.844. The van der Waals surface area contributed by atoms with Crippen LogP contribution in [0.15, 0.2) is 0 Å². The molecule has 0 heterocycles. The second-order valence-electron chi connectivity index (χ2n) is 2.07. The van der Waals surface area contributed by atoms with Gasteiger partial charge in [0.25, 0.3) is 0 Å². The van der Waals surface area contributed by atoms with Gasteiger partial charge in [0.1, 0.15) is 0 Å². The first-order valence-electron chi connectivity index (χ1n) is 3.64. The first-order valence-corrected chi connectivity index (χ1v) is 3.64. The molecular weight excluding hydrogens is 114 g/mol. The molecule has 0 aliphatic rings. The van der Waals surface area contributed by atoms with E-state index >= 15 is 0 Å². The average Bonchev–Trinajstić information content (AvgIpc) is 1.89. The summed E-state index contributed by atoms with van der Waals surface area (Å²) >= 11 is 0. The van der Waals surface area contributed by atoms with Crippen LogP contribution in [0.3, 0.4) is 0 Å². The van der Waals surface area contributed by atoms with Gasteiger partial charge in [-0.1, -0.05) is 13.3 Å². The Morgan fingerprint density at radius 1 is 1.33 bits per heavy atom. The van der Waals surface area contributed by atoms with Gasteiger partial charge >= 0.3 is 0 Å². The molecule has 0 saturated carbocycles. The molecule has 0 unspecified atom stereocenters. The number of hydrogen-bond acceptors (Lipinski definition) is 2. The van der Waals surface area contributed by atoms with Crippen molar-refractivity contribution < 1.29 is 4.74 Å². The van der Waals surface area contributed by atoms with Crippen molar-refractivity contribution in [3.8, 4) is 0 Å². The average molecular weight is 131 g/mol. The van der Waals surface area contributed by atoms with E-state index in [1.165, 1.54) is 12.8 Å². The van der Waals surface area contributed by atoms with Gasteiger partial charge in [-0.15, -0.1) is 0 Å². The Bertz CT molecular complexity index is 42.2. The summed E-state index contributed by atoms with van der Waals surface area (Å²) in [6.07, 6.45) is 2.41. The maximum atomic E-state index is 5.25. The Morgan fingerprint density at radius 2 is 2.11 bits per heavy atom. The van der Waals surface area contributed by atoms with Crippen LogP contribution in [-0.4, -0.2) is 26.8 Å². The third-order valence-corrected chi connectivity index (χ3v) is 1.14. The van der Waals surface area contributed by atoms with Gasteiger partial charge in [-0.3, -0.25) is 0 Å². The molecule has 2 nitrogen and oxygen atoms in total. The highest BCUT2D eigenvalue weighted by molar-refractivity contribution is 4.36. The molecule has 0 saturated heterocycles. The van der Waals surface area contributed by atoms with Crippen molar-refractivity contribution >= 4 is 0 Å². The fraction of sp³-hybridized carbons (Fsp3) is 1.00. The molecule has 0 aromatic heterocycles. The summed E-state index contributed by atoms with van der Waals surface area (Å²) in [6, 6.07) is 0. The van der Waals surface area contributed by atoms with Gasteiger partial charge in [-0.2, -0.15) is 0 Å². The molecule has 9 heavy (non-hydrogen) atoms. The first kappa shape index (κ1) is 8.92. The highest BCUT2D eigenvalue weighted by Gasteiger charge is 1.83. The lowest BCUT2D eigenvalue weighted by Crippen LogP contribution is -2.14. The van der Waals surface area contributed by atoms with E-state index in [0.717, 1.165) is 19.8 Å². The minimum Gasteiger partial charge on any atom is -0.380 e. The quantitative estimate of drug-likeness (QED) is 0.543. The van der Waals surface area contributed by atoms with E-state index < -0.39 is 0 Å². The smallest absolute Gasteiger partial charge is 0.0590 e. The number of rotatable bonds is 6. The predicted octanol–water partition coefficient (Wildman–Crippen LogP) is 1.02. The van der Waals surface area contributed by atoms with E-state index in [-0.39, 0.29) is 0 Å². The molecule has 0 amide bonds. The van der Waals surface area contributed by atoms with Crippen molar-refractivity contribution in [1.82, 2.24) is 5.32 Å².